The van der Waals surface area contributed by atoms with Gasteiger partial charge in [0, 0.05) is 30.8 Å². The lowest BCUT2D eigenvalue weighted by Crippen LogP contribution is -2.05. The number of hydrogen-bond donors (Lipinski definition) is 0. The first-order valence-electron chi connectivity index (χ1n) is 9.28. The van der Waals surface area contributed by atoms with Crippen LogP contribution in [-0.4, -0.2) is 31.1 Å². The van der Waals surface area contributed by atoms with Gasteiger partial charge in [0.1, 0.15) is 6.10 Å². The number of esters is 1. The van der Waals surface area contributed by atoms with E-state index < -0.39 is 0 Å². The lowest BCUT2D eigenvalue weighted by Gasteiger charge is -2.05. The van der Waals surface area contributed by atoms with E-state index in [9.17, 15) is 9.59 Å². The van der Waals surface area contributed by atoms with Crippen LogP contribution < -0.4 is 0 Å². The van der Waals surface area contributed by atoms with Crippen LogP contribution in [-0.2, 0) is 19.1 Å². The van der Waals surface area contributed by atoms with E-state index in [0.717, 1.165) is 31.3 Å². The van der Waals surface area contributed by atoms with Gasteiger partial charge in [0.25, 0.3) is 0 Å². The number of ether oxygens (including phenoxy) is 2. The van der Waals surface area contributed by atoms with Crippen molar-refractivity contribution in [3.05, 3.63) is 23.8 Å². The van der Waals surface area contributed by atoms with Crippen molar-refractivity contribution >= 4 is 11.8 Å². The first-order valence-corrected chi connectivity index (χ1v) is 9.28. The van der Waals surface area contributed by atoms with Crippen LogP contribution in [0.3, 0.4) is 0 Å². The van der Waals surface area contributed by atoms with Crippen LogP contribution in [0.15, 0.2) is 23.8 Å². The Morgan fingerprint density at radius 2 is 2.16 bits per heavy atom. The molecule has 25 heavy (non-hydrogen) atoms. The Bertz CT molecular complexity index is 591. The zero-order chi connectivity index (χ0) is 18.1. The van der Waals surface area contributed by atoms with Gasteiger partial charge in [-0.15, -0.1) is 11.8 Å². The monoisotopic (exact) mass is 344 g/mol. The Morgan fingerprint density at radius 1 is 1.32 bits per heavy atom. The van der Waals surface area contributed by atoms with Crippen LogP contribution in [0, 0.1) is 17.8 Å². The van der Waals surface area contributed by atoms with Gasteiger partial charge < -0.3 is 9.47 Å². The highest BCUT2D eigenvalue weighted by Gasteiger charge is 2.38. The minimum absolute atomic E-state index is 0.00323. The van der Waals surface area contributed by atoms with Gasteiger partial charge in [0.05, 0.1) is 13.2 Å². The number of epoxide rings is 1. The molecule has 0 saturated carbocycles. The molecule has 1 aliphatic heterocycles. The number of methoxy groups -OCH3 is 1. The molecule has 3 atom stereocenters. The van der Waals surface area contributed by atoms with E-state index in [1.807, 2.05) is 12.2 Å². The summed E-state index contributed by atoms with van der Waals surface area (Å²) < 4.78 is 10.2. The van der Waals surface area contributed by atoms with Gasteiger partial charge in [-0.25, -0.2) is 0 Å². The van der Waals surface area contributed by atoms with Crippen molar-refractivity contribution in [2.45, 2.75) is 70.5 Å². The molecule has 0 spiro atoms. The third-order valence-electron chi connectivity index (χ3n) is 4.58. The molecule has 4 nitrogen and oxygen atoms in total. The van der Waals surface area contributed by atoms with Crippen LogP contribution in [0.1, 0.15) is 58.3 Å². The van der Waals surface area contributed by atoms with Gasteiger partial charge in [-0.05, 0) is 31.4 Å². The second kappa shape index (κ2) is 10.2. The number of rotatable bonds is 9. The largest absolute Gasteiger partial charge is 0.469 e. The van der Waals surface area contributed by atoms with E-state index >= 15 is 0 Å². The van der Waals surface area contributed by atoms with E-state index in [1.54, 1.807) is 6.08 Å². The smallest absolute Gasteiger partial charge is 0.305 e. The quantitative estimate of drug-likeness (QED) is 0.210. The summed E-state index contributed by atoms with van der Waals surface area (Å²) in [5.41, 5.74) is 0.809. The Labute approximate surface area is 150 Å². The average Bonchev–Trinajstić information content (AvgIpc) is 3.26. The van der Waals surface area contributed by atoms with E-state index in [0.29, 0.717) is 12.8 Å². The zero-order valence-electron chi connectivity index (χ0n) is 15.3. The lowest BCUT2D eigenvalue weighted by atomic mass is 9.96. The summed E-state index contributed by atoms with van der Waals surface area (Å²) in [5, 5.41) is 0. The number of ketones is 1. The summed E-state index contributed by atoms with van der Waals surface area (Å²) >= 11 is 0. The maximum Gasteiger partial charge on any atom is 0.305 e. The molecule has 1 saturated heterocycles. The molecule has 0 bridgehead atoms. The highest BCUT2D eigenvalue weighted by Crippen LogP contribution is 2.33. The van der Waals surface area contributed by atoms with Gasteiger partial charge in [0.15, 0.2) is 5.78 Å². The average molecular weight is 344 g/mol. The third-order valence-corrected chi connectivity index (χ3v) is 4.58. The summed E-state index contributed by atoms with van der Waals surface area (Å²) in [6.45, 7) is 2.18. The van der Waals surface area contributed by atoms with Crippen molar-refractivity contribution in [1.82, 2.24) is 0 Å². The number of allylic oxidation sites excluding steroid dienone is 3. The lowest BCUT2D eigenvalue weighted by molar-refractivity contribution is -0.140. The zero-order valence-corrected chi connectivity index (χ0v) is 15.3. The van der Waals surface area contributed by atoms with E-state index in [2.05, 4.69) is 23.5 Å². The Balaban J connectivity index is 1.76. The highest BCUT2D eigenvalue weighted by atomic mass is 16.6. The SMILES string of the molecule is CCCCCC#CC[C@H]1C=CC(=O)/C1=C/[C@H]1O[C@@H]1CCCC(=O)OC. The molecular weight excluding hydrogens is 316 g/mol. The fraction of sp³-hybridized carbons (Fsp3) is 0.619. The number of hydrogen-bond acceptors (Lipinski definition) is 4. The molecule has 0 aromatic carbocycles. The molecule has 0 N–H and O–H groups in total. The van der Waals surface area contributed by atoms with Gasteiger partial charge in [-0.1, -0.05) is 25.8 Å². The molecule has 1 heterocycles. The predicted octanol–water partition coefficient (Wildman–Crippen LogP) is 3.75. The van der Waals surface area contributed by atoms with Gasteiger partial charge in [-0.2, -0.15) is 0 Å². The van der Waals surface area contributed by atoms with E-state index in [1.165, 1.54) is 20.0 Å². The van der Waals surface area contributed by atoms with Crippen LogP contribution >= 0.6 is 0 Å². The number of unbranched alkanes of at least 4 members (excludes halogenated alkanes) is 3. The first-order chi connectivity index (χ1) is 12.2. The fourth-order valence-electron chi connectivity index (χ4n) is 2.97. The van der Waals surface area contributed by atoms with Crippen LogP contribution in [0.2, 0.25) is 0 Å². The number of carbonyl (C=O) groups is 2. The van der Waals surface area contributed by atoms with E-state index in [4.69, 9.17) is 4.74 Å². The van der Waals surface area contributed by atoms with Crippen molar-refractivity contribution in [1.29, 1.82) is 0 Å². The molecule has 4 heteroatoms. The molecule has 2 aliphatic rings. The Kier molecular flexibility index (Phi) is 7.94. The van der Waals surface area contributed by atoms with Crippen molar-refractivity contribution in [2.75, 3.05) is 7.11 Å². The van der Waals surface area contributed by atoms with E-state index in [-0.39, 0.29) is 29.9 Å². The molecule has 2 rings (SSSR count). The molecule has 0 unspecified atom stereocenters. The highest BCUT2D eigenvalue weighted by molar-refractivity contribution is 6.07. The first kappa shape index (κ1) is 19.5. The Morgan fingerprint density at radius 3 is 2.92 bits per heavy atom. The fourth-order valence-corrected chi connectivity index (χ4v) is 2.97. The number of carbonyl (C=O) groups excluding carboxylic acids is 2. The predicted molar refractivity (Wildman–Crippen MR) is 96.8 cm³/mol. The van der Waals surface area contributed by atoms with Gasteiger partial charge in [0.2, 0.25) is 0 Å². The van der Waals surface area contributed by atoms with Crippen molar-refractivity contribution in [3.8, 4) is 11.8 Å². The topological polar surface area (TPSA) is 55.9 Å². The molecule has 136 valence electrons. The second-order valence-electron chi connectivity index (χ2n) is 6.57. The van der Waals surface area contributed by atoms with Gasteiger partial charge >= 0.3 is 5.97 Å². The van der Waals surface area contributed by atoms with Crippen molar-refractivity contribution in [2.24, 2.45) is 5.92 Å². The third kappa shape index (κ3) is 6.51. The normalized spacial score (nSPS) is 25.8. The van der Waals surface area contributed by atoms with Crippen LogP contribution in [0.4, 0.5) is 0 Å². The van der Waals surface area contributed by atoms with Crippen LogP contribution in [0.25, 0.3) is 0 Å². The minimum Gasteiger partial charge on any atom is -0.469 e. The Hall–Kier alpha value is -1.86. The summed E-state index contributed by atoms with van der Waals surface area (Å²) in [5.74, 6) is 6.38. The molecular formula is C21H28O4. The van der Waals surface area contributed by atoms with Gasteiger partial charge in [-0.3, -0.25) is 9.59 Å². The summed E-state index contributed by atoms with van der Waals surface area (Å²) in [6, 6.07) is 0. The summed E-state index contributed by atoms with van der Waals surface area (Å²) in [6.07, 6.45) is 12.8. The molecule has 1 fully saturated rings. The molecule has 0 amide bonds. The second-order valence-corrected chi connectivity index (χ2v) is 6.57. The van der Waals surface area contributed by atoms with Crippen LogP contribution in [0.5, 0.6) is 0 Å². The minimum atomic E-state index is -0.191. The summed E-state index contributed by atoms with van der Waals surface area (Å²) in [4.78, 5) is 23.2. The molecule has 0 aromatic rings. The summed E-state index contributed by atoms with van der Waals surface area (Å²) in [7, 11) is 1.40. The maximum atomic E-state index is 12.1. The van der Waals surface area contributed by atoms with Crippen molar-refractivity contribution in [3.63, 3.8) is 0 Å². The molecule has 0 aromatic heterocycles. The standard InChI is InChI=1S/C21H28O4/c1-3-4-5-6-7-8-10-16-13-14-18(22)17(16)15-20-19(25-20)11-9-12-21(23)24-2/h13-16,19-20H,3-6,9-12H2,1-2H3/b17-15+/t16-,19+,20+/m0/s1. The molecule has 1 aliphatic carbocycles. The van der Waals surface area contributed by atoms with Crippen molar-refractivity contribution < 1.29 is 19.1 Å². The maximum absolute atomic E-state index is 12.1. The molecule has 0 radical (unpaired) electrons.